The van der Waals surface area contributed by atoms with Crippen LogP contribution in [0.4, 0.5) is 5.69 Å². The maximum absolute atomic E-state index is 11.8. The van der Waals surface area contributed by atoms with Crippen molar-refractivity contribution in [3.05, 3.63) is 29.8 Å². The van der Waals surface area contributed by atoms with Crippen molar-refractivity contribution in [1.29, 1.82) is 0 Å². The number of Topliss-reactive ketones (excluding diaryl/α,β-unsaturated/α-hetero) is 1. The molecule has 1 fully saturated rings. The van der Waals surface area contributed by atoms with E-state index in [4.69, 9.17) is 10.5 Å². The number of aryl methyl sites for hydroxylation is 1. The summed E-state index contributed by atoms with van der Waals surface area (Å²) in [6, 6.07) is 7.77. The molecule has 0 saturated carbocycles. The number of nitrogen functional groups attached to an aromatic ring is 1. The Morgan fingerprint density at radius 3 is 3.00 bits per heavy atom. The van der Waals surface area contributed by atoms with E-state index in [-0.39, 0.29) is 0 Å². The zero-order chi connectivity index (χ0) is 13.5. The maximum atomic E-state index is 11.8. The van der Waals surface area contributed by atoms with Gasteiger partial charge in [-0.1, -0.05) is 12.1 Å². The first kappa shape index (κ1) is 14.1. The van der Waals surface area contributed by atoms with Crippen molar-refractivity contribution in [2.75, 3.05) is 12.3 Å². The first-order valence-corrected chi connectivity index (χ1v) is 7.22. The summed E-state index contributed by atoms with van der Waals surface area (Å²) in [6.07, 6.45) is 6.83. The standard InChI is InChI=1S/C16H23NO2/c17-14-5-1-4-13(12-14)9-10-15(18)6-2-7-16-8-3-11-19-16/h1,4-5,12,16H,2-3,6-11,17H2. The lowest BCUT2D eigenvalue weighted by atomic mass is 10.0. The number of hydrogen-bond acceptors (Lipinski definition) is 3. The highest BCUT2D eigenvalue weighted by molar-refractivity contribution is 5.78. The largest absolute Gasteiger partial charge is 0.399 e. The third-order valence-electron chi connectivity index (χ3n) is 3.65. The van der Waals surface area contributed by atoms with Gasteiger partial charge in [0.1, 0.15) is 5.78 Å². The molecule has 0 bridgehead atoms. The van der Waals surface area contributed by atoms with Crippen LogP contribution < -0.4 is 5.73 Å². The molecule has 1 aromatic carbocycles. The van der Waals surface area contributed by atoms with Gasteiger partial charge in [-0.2, -0.15) is 0 Å². The van der Waals surface area contributed by atoms with Crippen molar-refractivity contribution in [3.63, 3.8) is 0 Å². The predicted octanol–water partition coefficient (Wildman–Crippen LogP) is 3.12. The third kappa shape index (κ3) is 5.03. The highest BCUT2D eigenvalue weighted by Gasteiger charge is 2.15. The second-order valence-electron chi connectivity index (χ2n) is 5.31. The molecule has 104 valence electrons. The highest BCUT2D eigenvalue weighted by atomic mass is 16.5. The Morgan fingerprint density at radius 2 is 2.26 bits per heavy atom. The average molecular weight is 261 g/mol. The molecule has 1 aliphatic rings. The normalized spacial score (nSPS) is 18.6. The zero-order valence-corrected chi connectivity index (χ0v) is 11.4. The molecule has 1 aliphatic heterocycles. The lowest BCUT2D eigenvalue weighted by molar-refractivity contribution is -0.119. The van der Waals surface area contributed by atoms with E-state index < -0.39 is 0 Å². The molecule has 1 unspecified atom stereocenters. The Bertz CT molecular complexity index is 411. The number of ketones is 1. The average Bonchev–Trinajstić information content (AvgIpc) is 2.90. The van der Waals surface area contributed by atoms with Crippen LogP contribution in [0.1, 0.15) is 44.1 Å². The molecule has 3 heteroatoms. The first-order chi connectivity index (χ1) is 9.24. The van der Waals surface area contributed by atoms with Gasteiger partial charge < -0.3 is 10.5 Å². The summed E-state index contributed by atoms with van der Waals surface area (Å²) < 4.78 is 5.55. The summed E-state index contributed by atoms with van der Waals surface area (Å²) in [6.45, 7) is 0.897. The van der Waals surface area contributed by atoms with Gasteiger partial charge in [0.15, 0.2) is 0 Å². The minimum absolute atomic E-state index is 0.348. The van der Waals surface area contributed by atoms with E-state index in [1.165, 1.54) is 6.42 Å². The lowest BCUT2D eigenvalue weighted by Gasteiger charge is -2.08. The molecule has 1 aromatic rings. The molecular weight excluding hydrogens is 238 g/mol. The second-order valence-corrected chi connectivity index (χ2v) is 5.31. The van der Waals surface area contributed by atoms with E-state index >= 15 is 0 Å². The number of anilines is 1. The zero-order valence-electron chi connectivity index (χ0n) is 11.4. The molecule has 0 aliphatic carbocycles. The quantitative estimate of drug-likeness (QED) is 0.767. The number of ether oxygens (including phenoxy) is 1. The second kappa shape index (κ2) is 7.29. The van der Waals surface area contributed by atoms with E-state index in [1.54, 1.807) is 0 Å². The van der Waals surface area contributed by atoms with E-state index in [0.717, 1.165) is 43.5 Å². The molecular formula is C16H23NO2. The molecule has 0 aromatic heterocycles. The lowest BCUT2D eigenvalue weighted by Crippen LogP contribution is -2.07. The number of hydrogen-bond donors (Lipinski definition) is 1. The van der Waals surface area contributed by atoms with Gasteiger partial charge >= 0.3 is 0 Å². The fourth-order valence-electron chi connectivity index (χ4n) is 2.56. The minimum atomic E-state index is 0.348. The maximum Gasteiger partial charge on any atom is 0.133 e. The van der Waals surface area contributed by atoms with Crippen molar-refractivity contribution in [3.8, 4) is 0 Å². The van der Waals surface area contributed by atoms with Gasteiger partial charge in [0.2, 0.25) is 0 Å². The van der Waals surface area contributed by atoms with E-state index in [2.05, 4.69) is 0 Å². The Labute approximate surface area is 115 Å². The summed E-state index contributed by atoms with van der Waals surface area (Å²) in [5, 5.41) is 0. The molecule has 19 heavy (non-hydrogen) atoms. The van der Waals surface area contributed by atoms with Crippen LogP contribution in [0.5, 0.6) is 0 Å². The van der Waals surface area contributed by atoms with Gasteiger partial charge in [-0.3, -0.25) is 4.79 Å². The molecule has 2 N–H and O–H groups in total. The monoisotopic (exact) mass is 261 g/mol. The third-order valence-corrected chi connectivity index (χ3v) is 3.65. The van der Waals surface area contributed by atoms with Crippen LogP contribution in [-0.4, -0.2) is 18.5 Å². The summed E-state index contributed by atoms with van der Waals surface area (Å²) >= 11 is 0. The first-order valence-electron chi connectivity index (χ1n) is 7.22. The molecule has 1 saturated heterocycles. The summed E-state index contributed by atoms with van der Waals surface area (Å²) in [4.78, 5) is 11.8. The van der Waals surface area contributed by atoms with Gasteiger partial charge in [-0.15, -0.1) is 0 Å². The van der Waals surface area contributed by atoms with Crippen LogP contribution in [0.2, 0.25) is 0 Å². The number of rotatable bonds is 7. The Balaban J connectivity index is 1.61. The predicted molar refractivity (Wildman–Crippen MR) is 77.0 cm³/mol. The summed E-state index contributed by atoms with van der Waals surface area (Å²) in [5.74, 6) is 0.348. The number of nitrogens with two attached hydrogens (primary N) is 1. The van der Waals surface area contributed by atoms with Crippen LogP contribution in [-0.2, 0) is 16.0 Å². The molecule has 0 amide bonds. The van der Waals surface area contributed by atoms with Crippen molar-refractivity contribution in [2.45, 2.75) is 51.0 Å². The van der Waals surface area contributed by atoms with E-state index in [0.29, 0.717) is 24.7 Å². The van der Waals surface area contributed by atoms with Gasteiger partial charge in [0.25, 0.3) is 0 Å². The minimum Gasteiger partial charge on any atom is -0.399 e. The van der Waals surface area contributed by atoms with Crippen molar-refractivity contribution >= 4 is 11.5 Å². The summed E-state index contributed by atoms with van der Waals surface area (Å²) in [7, 11) is 0. The van der Waals surface area contributed by atoms with Crippen LogP contribution in [0.3, 0.4) is 0 Å². The molecule has 1 atom stereocenters. The van der Waals surface area contributed by atoms with Gasteiger partial charge in [-0.25, -0.2) is 0 Å². The molecule has 0 spiro atoms. The van der Waals surface area contributed by atoms with Crippen molar-refractivity contribution in [2.24, 2.45) is 0 Å². The van der Waals surface area contributed by atoms with E-state index in [9.17, 15) is 4.79 Å². The Morgan fingerprint density at radius 1 is 1.37 bits per heavy atom. The fourth-order valence-corrected chi connectivity index (χ4v) is 2.56. The smallest absolute Gasteiger partial charge is 0.133 e. The highest BCUT2D eigenvalue weighted by Crippen LogP contribution is 2.18. The fraction of sp³-hybridized carbons (Fsp3) is 0.562. The molecule has 3 nitrogen and oxygen atoms in total. The summed E-state index contributed by atoms with van der Waals surface area (Å²) in [5.41, 5.74) is 7.63. The van der Waals surface area contributed by atoms with Crippen LogP contribution in [0.15, 0.2) is 24.3 Å². The van der Waals surface area contributed by atoms with Crippen molar-refractivity contribution in [1.82, 2.24) is 0 Å². The molecule has 0 radical (unpaired) electrons. The van der Waals surface area contributed by atoms with Crippen LogP contribution >= 0.6 is 0 Å². The molecule has 2 rings (SSSR count). The van der Waals surface area contributed by atoms with Gasteiger partial charge in [-0.05, 0) is 49.8 Å². The van der Waals surface area contributed by atoms with E-state index in [1.807, 2.05) is 24.3 Å². The topological polar surface area (TPSA) is 52.3 Å². The molecule has 1 heterocycles. The van der Waals surface area contributed by atoms with Crippen LogP contribution in [0, 0.1) is 0 Å². The van der Waals surface area contributed by atoms with Gasteiger partial charge in [0.05, 0.1) is 6.10 Å². The number of carbonyl (C=O) groups is 1. The Hall–Kier alpha value is -1.35. The van der Waals surface area contributed by atoms with Crippen LogP contribution in [0.25, 0.3) is 0 Å². The SMILES string of the molecule is Nc1cccc(CCC(=O)CCCC2CCCO2)c1. The van der Waals surface area contributed by atoms with Crippen molar-refractivity contribution < 1.29 is 9.53 Å². The number of benzene rings is 1. The van der Waals surface area contributed by atoms with Gasteiger partial charge in [0, 0.05) is 25.1 Å². The number of carbonyl (C=O) groups excluding carboxylic acids is 1. The Kier molecular flexibility index (Phi) is 5.40.